The van der Waals surface area contributed by atoms with Gasteiger partial charge in [0.2, 0.25) is 0 Å². The zero-order chi connectivity index (χ0) is 9.52. The van der Waals surface area contributed by atoms with Crippen molar-refractivity contribution in [3.05, 3.63) is 35.9 Å². The third-order valence-electron chi connectivity index (χ3n) is 1.79. The van der Waals surface area contributed by atoms with Gasteiger partial charge in [0.05, 0.1) is 0 Å². The summed E-state index contributed by atoms with van der Waals surface area (Å²) in [4.78, 5) is 0. The van der Waals surface area contributed by atoms with Gasteiger partial charge in [0.15, 0.2) is 0 Å². The van der Waals surface area contributed by atoms with E-state index in [0.717, 1.165) is 6.42 Å². The molecule has 13 heavy (non-hydrogen) atoms. The van der Waals surface area contributed by atoms with Crippen LogP contribution < -0.4 is 5.73 Å². The summed E-state index contributed by atoms with van der Waals surface area (Å²) in [6, 6.07) is 10.1. The van der Waals surface area contributed by atoms with E-state index in [0.29, 0.717) is 6.54 Å². The minimum absolute atomic E-state index is 0.215. The molecule has 1 aromatic rings. The topological polar surface area (TPSA) is 49.8 Å². The maximum atomic E-state index is 8.50. The zero-order valence-corrected chi connectivity index (χ0v) is 8.13. The summed E-state index contributed by atoms with van der Waals surface area (Å²) in [5, 5.41) is 10.8. The first-order chi connectivity index (χ1) is 6.36. The van der Waals surface area contributed by atoms with Crippen molar-refractivity contribution in [1.82, 2.24) is 0 Å². The molecular weight excluding hydrogens is 180 g/mol. The number of nitriles is 1. The van der Waals surface area contributed by atoms with E-state index in [1.54, 1.807) is 0 Å². The Kier molecular flexibility index (Phi) is 4.37. The molecular formula is C10H12N2S. The second kappa shape index (κ2) is 5.63. The fourth-order valence-electron chi connectivity index (χ4n) is 1.12. The van der Waals surface area contributed by atoms with E-state index in [1.165, 1.54) is 17.3 Å². The fourth-order valence-corrected chi connectivity index (χ4v) is 1.65. The normalized spacial score (nSPS) is 12.0. The van der Waals surface area contributed by atoms with Gasteiger partial charge < -0.3 is 5.73 Å². The maximum Gasteiger partial charge on any atom is 0.133 e. The maximum absolute atomic E-state index is 8.50. The van der Waals surface area contributed by atoms with Gasteiger partial charge in [-0.25, -0.2) is 0 Å². The van der Waals surface area contributed by atoms with Crippen LogP contribution in [0.15, 0.2) is 30.3 Å². The van der Waals surface area contributed by atoms with Crippen LogP contribution in [-0.4, -0.2) is 11.8 Å². The van der Waals surface area contributed by atoms with Crippen LogP contribution in [0.2, 0.25) is 0 Å². The molecule has 2 nitrogen and oxygen atoms in total. The third-order valence-corrected chi connectivity index (χ3v) is 2.59. The number of nitrogens with two attached hydrogens (primary N) is 1. The van der Waals surface area contributed by atoms with Gasteiger partial charge in [0.1, 0.15) is 5.40 Å². The fraction of sp³-hybridized carbons (Fsp3) is 0.300. The van der Waals surface area contributed by atoms with Gasteiger partial charge in [-0.15, -0.1) is 0 Å². The molecule has 0 aromatic heterocycles. The van der Waals surface area contributed by atoms with Gasteiger partial charge in [-0.05, 0) is 23.7 Å². The molecule has 3 heteroatoms. The number of hydrogen-bond acceptors (Lipinski definition) is 3. The largest absolute Gasteiger partial charge is 0.329 e. The molecule has 0 amide bonds. The predicted molar refractivity (Wildman–Crippen MR) is 56.2 cm³/mol. The van der Waals surface area contributed by atoms with Gasteiger partial charge in [-0.1, -0.05) is 30.3 Å². The summed E-state index contributed by atoms with van der Waals surface area (Å²) >= 11 is 1.25. The molecule has 0 saturated heterocycles. The van der Waals surface area contributed by atoms with Crippen molar-refractivity contribution >= 4 is 11.8 Å². The molecule has 0 aliphatic heterocycles. The van der Waals surface area contributed by atoms with Crippen molar-refractivity contribution in [2.75, 3.05) is 6.54 Å². The first-order valence-electron chi connectivity index (χ1n) is 4.15. The Morgan fingerprint density at radius 2 is 2.08 bits per heavy atom. The minimum atomic E-state index is 0.215. The summed E-state index contributed by atoms with van der Waals surface area (Å²) in [5.74, 6) is 0. The number of thiocyanates is 1. The summed E-state index contributed by atoms with van der Waals surface area (Å²) in [6.45, 7) is 0.549. The number of nitrogens with zero attached hydrogens (tertiary/aromatic N) is 1. The molecule has 0 aliphatic rings. The van der Waals surface area contributed by atoms with E-state index in [9.17, 15) is 0 Å². The highest BCUT2D eigenvalue weighted by Gasteiger charge is 2.07. The molecule has 0 spiro atoms. The van der Waals surface area contributed by atoms with E-state index in [1.807, 2.05) is 18.2 Å². The Balaban J connectivity index is 2.53. The number of rotatable bonds is 4. The highest BCUT2D eigenvalue weighted by Crippen LogP contribution is 2.13. The van der Waals surface area contributed by atoms with Gasteiger partial charge >= 0.3 is 0 Å². The monoisotopic (exact) mass is 192 g/mol. The predicted octanol–water partition coefficient (Wildman–Crippen LogP) is 1.77. The standard InChI is InChI=1S/C10H12N2S/c11-7-10(13-8-12)6-9-4-2-1-3-5-9/h1-5,10H,6-7,11H2. The Morgan fingerprint density at radius 1 is 1.38 bits per heavy atom. The van der Waals surface area contributed by atoms with E-state index in [2.05, 4.69) is 17.5 Å². The lowest BCUT2D eigenvalue weighted by atomic mass is 10.1. The van der Waals surface area contributed by atoms with E-state index in [-0.39, 0.29) is 5.25 Å². The molecule has 1 atom stereocenters. The molecule has 0 saturated carbocycles. The van der Waals surface area contributed by atoms with Crippen LogP contribution in [0.25, 0.3) is 0 Å². The summed E-state index contributed by atoms with van der Waals surface area (Å²) in [7, 11) is 0. The van der Waals surface area contributed by atoms with Crippen LogP contribution in [0.3, 0.4) is 0 Å². The van der Waals surface area contributed by atoms with E-state index >= 15 is 0 Å². The lowest BCUT2D eigenvalue weighted by Gasteiger charge is -2.08. The molecule has 1 aromatic carbocycles. The first kappa shape index (κ1) is 10.1. The molecule has 0 radical (unpaired) electrons. The first-order valence-corrected chi connectivity index (χ1v) is 5.03. The Bertz CT molecular complexity index is 279. The van der Waals surface area contributed by atoms with Crippen molar-refractivity contribution in [2.24, 2.45) is 5.73 Å². The van der Waals surface area contributed by atoms with Crippen molar-refractivity contribution in [3.8, 4) is 5.40 Å². The van der Waals surface area contributed by atoms with E-state index < -0.39 is 0 Å². The van der Waals surface area contributed by atoms with Gasteiger partial charge in [0.25, 0.3) is 0 Å². The quantitative estimate of drug-likeness (QED) is 0.740. The Labute approximate surface area is 82.7 Å². The molecule has 0 heterocycles. The lowest BCUT2D eigenvalue weighted by molar-refractivity contribution is 0.856. The smallest absolute Gasteiger partial charge is 0.133 e. The van der Waals surface area contributed by atoms with Crippen LogP contribution in [0.4, 0.5) is 0 Å². The van der Waals surface area contributed by atoms with Gasteiger partial charge in [-0.3, -0.25) is 0 Å². The molecule has 1 rings (SSSR count). The minimum Gasteiger partial charge on any atom is -0.329 e. The summed E-state index contributed by atoms with van der Waals surface area (Å²) < 4.78 is 0. The molecule has 0 aliphatic carbocycles. The molecule has 0 bridgehead atoms. The van der Waals surface area contributed by atoms with Crippen molar-refractivity contribution in [1.29, 1.82) is 5.26 Å². The molecule has 68 valence electrons. The highest BCUT2D eigenvalue weighted by atomic mass is 32.2. The number of hydrogen-bond donors (Lipinski definition) is 1. The Hall–Kier alpha value is -0.980. The average molecular weight is 192 g/mol. The highest BCUT2D eigenvalue weighted by molar-refractivity contribution is 8.04. The number of thioether (sulfide) groups is 1. The van der Waals surface area contributed by atoms with Gasteiger partial charge in [0, 0.05) is 11.8 Å². The SMILES string of the molecule is N#CSC(CN)Cc1ccccc1. The van der Waals surface area contributed by atoms with Gasteiger partial charge in [-0.2, -0.15) is 5.26 Å². The average Bonchev–Trinajstić information content (AvgIpc) is 2.19. The van der Waals surface area contributed by atoms with Crippen LogP contribution in [0.1, 0.15) is 5.56 Å². The lowest BCUT2D eigenvalue weighted by Crippen LogP contribution is -2.18. The second-order valence-corrected chi connectivity index (χ2v) is 3.84. The summed E-state index contributed by atoms with van der Waals surface area (Å²) in [5.41, 5.74) is 6.77. The van der Waals surface area contributed by atoms with Crippen molar-refractivity contribution in [2.45, 2.75) is 11.7 Å². The molecule has 0 fully saturated rings. The number of benzene rings is 1. The third kappa shape index (κ3) is 3.49. The van der Waals surface area contributed by atoms with Crippen LogP contribution in [0, 0.1) is 10.7 Å². The zero-order valence-electron chi connectivity index (χ0n) is 7.31. The Morgan fingerprint density at radius 3 is 2.62 bits per heavy atom. The molecule has 2 N–H and O–H groups in total. The van der Waals surface area contributed by atoms with Crippen molar-refractivity contribution in [3.63, 3.8) is 0 Å². The van der Waals surface area contributed by atoms with Crippen LogP contribution >= 0.6 is 11.8 Å². The summed E-state index contributed by atoms with van der Waals surface area (Å²) in [6.07, 6.45) is 0.871. The second-order valence-electron chi connectivity index (χ2n) is 2.76. The van der Waals surface area contributed by atoms with Crippen LogP contribution in [0.5, 0.6) is 0 Å². The van der Waals surface area contributed by atoms with Crippen molar-refractivity contribution < 1.29 is 0 Å². The molecule has 1 unspecified atom stereocenters. The van der Waals surface area contributed by atoms with E-state index in [4.69, 9.17) is 11.0 Å². The van der Waals surface area contributed by atoms with Crippen LogP contribution in [-0.2, 0) is 6.42 Å².